The van der Waals surface area contributed by atoms with Crippen LogP contribution in [-0.2, 0) is 4.79 Å². The Morgan fingerprint density at radius 1 is 1.38 bits per heavy atom. The van der Waals surface area contributed by atoms with Gasteiger partial charge in [0.05, 0.1) is 23.6 Å². The lowest BCUT2D eigenvalue weighted by atomic mass is 9.93. The second kappa shape index (κ2) is 5.81. The second-order valence-electron chi connectivity index (χ2n) is 5.64. The van der Waals surface area contributed by atoms with E-state index in [2.05, 4.69) is 29.2 Å². The SMILES string of the molecule is CCC(N)(CC)C(=O)Nc1cnc2c(cnn2C(C)C)c1. The molecule has 0 unspecified atom stereocenters. The Morgan fingerprint density at radius 3 is 2.62 bits per heavy atom. The largest absolute Gasteiger partial charge is 0.323 e. The maximum Gasteiger partial charge on any atom is 0.244 e. The molecule has 2 rings (SSSR count). The minimum Gasteiger partial charge on any atom is -0.323 e. The molecule has 114 valence electrons. The first-order chi connectivity index (χ1) is 9.91. The van der Waals surface area contributed by atoms with Gasteiger partial charge in [0.1, 0.15) is 0 Å². The highest BCUT2D eigenvalue weighted by Crippen LogP contribution is 2.20. The standard InChI is InChI=1S/C15H23N5O/c1-5-15(16,6-2)14(21)19-12-7-11-8-18-20(10(3)4)13(11)17-9-12/h7-10H,5-6,16H2,1-4H3,(H,19,21). The molecule has 3 N–H and O–H groups in total. The summed E-state index contributed by atoms with van der Waals surface area (Å²) >= 11 is 0. The highest BCUT2D eigenvalue weighted by atomic mass is 16.2. The molecule has 0 atom stereocenters. The Hall–Kier alpha value is -1.95. The van der Waals surface area contributed by atoms with Gasteiger partial charge in [0.15, 0.2) is 5.65 Å². The zero-order valence-corrected chi connectivity index (χ0v) is 13.1. The average molecular weight is 289 g/mol. The molecule has 0 bridgehead atoms. The van der Waals surface area contributed by atoms with Gasteiger partial charge in [-0.2, -0.15) is 5.10 Å². The maximum atomic E-state index is 12.3. The summed E-state index contributed by atoms with van der Waals surface area (Å²) in [6.45, 7) is 7.93. The highest BCUT2D eigenvalue weighted by Gasteiger charge is 2.29. The summed E-state index contributed by atoms with van der Waals surface area (Å²) < 4.78 is 1.85. The van der Waals surface area contributed by atoms with Crippen LogP contribution in [0, 0.1) is 0 Å². The van der Waals surface area contributed by atoms with Crippen LogP contribution in [0.1, 0.15) is 46.6 Å². The van der Waals surface area contributed by atoms with Gasteiger partial charge in [-0.25, -0.2) is 9.67 Å². The van der Waals surface area contributed by atoms with Crippen LogP contribution >= 0.6 is 0 Å². The van der Waals surface area contributed by atoms with Crippen LogP contribution in [-0.4, -0.2) is 26.2 Å². The van der Waals surface area contributed by atoms with Gasteiger partial charge in [-0.05, 0) is 32.8 Å². The molecule has 0 aliphatic rings. The molecule has 0 aliphatic carbocycles. The van der Waals surface area contributed by atoms with Crippen molar-refractivity contribution in [3.8, 4) is 0 Å². The number of rotatable bonds is 5. The van der Waals surface area contributed by atoms with Crippen molar-refractivity contribution in [2.75, 3.05) is 5.32 Å². The maximum absolute atomic E-state index is 12.3. The monoisotopic (exact) mass is 289 g/mol. The molecule has 2 heterocycles. The van der Waals surface area contributed by atoms with Crippen molar-refractivity contribution in [2.45, 2.75) is 52.1 Å². The summed E-state index contributed by atoms with van der Waals surface area (Å²) in [6, 6.07) is 2.12. The lowest BCUT2D eigenvalue weighted by molar-refractivity contribution is -0.121. The summed E-state index contributed by atoms with van der Waals surface area (Å²) in [7, 11) is 0. The number of hydrogen-bond acceptors (Lipinski definition) is 4. The summed E-state index contributed by atoms with van der Waals surface area (Å²) in [5.74, 6) is -0.176. The molecule has 0 spiro atoms. The number of carbonyl (C=O) groups excluding carboxylic acids is 1. The van der Waals surface area contributed by atoms with Crippen molar-refractivity contribution >= 4 is 22.6 Å². The van der Waals surface area contributed by atoms with Gasteiger partial charge in [-0.15, -0.1) is 0 Å². The Balaban J connectivity index is 2.26. The van der Waals surface area contributed by atoms with Crippen LogP contribution in [0.2, 0.25) is 0 Å². The predicted octanol–water partition coefficient (Wildman–Crippen LogP) is 2.47. The van der Waals surface area contributed by atoms with Crippen molar-refractivity contribution in [3.63, 3.8) is 0 Å². The third-order valence-corrected chi connectivity index (χ3v) is 3.89. The summed E-state index contributed by atoms with van der Waals surface area (Å²) in [6.07, 6.45) is 4.59. The van der Waals surface area contributed by atoms with Crippen molar-refractivity contribution in [3.05, 3.63) is 18.5 Å². The molecule has 21 heavy (non-hydrogen) atoms. The summed E-state index contributed by atoms with van der Waals surface area (Å²) in [5, 5.41) is 8.06. The first-order valence-electron chi connectivity index (χ1n) is 7.35. The van der Waals surface area contributed by atoms with E-state index >= 15 is 0 Å². The van der Waals surface area contributed by atoms with Crippen LogP contribution in [0.3, 0.4) is 0 Å². The Bertz CT molecular complexity index is 643. The zero-order chi connectivity index (χ0) is 15.6. The molecule has 0 aromatic carbocycles. The number of nitrogens with one attached hydrogen (secondary N) is 1. The van der Waals surface area contributed by atoms with Gasteiger partial charge < -0.3 is 11.1 Å². The molecule has 0 saturated heterocycles. The minimum absolute atomic E-state index is 0.176. The molecule has 0 fully saturated rings. The van der Waals surface area contributed by atoms with Crippen LogP contribution in [0.25, 0.3) is 11.0 Å². The fourth-order valence-electron chi connectivity index (χ4n) is 2.21. The lowest BCUT2D eigenvalue weighted by Crippen LogP contribution is -2.50. The fourth-order valence-corrected chi connectivity index (χ4v) is 2.21. The summed E-state index contributed by atoms with van der Waals surface area (Å²) in [5.41, 5.74) is 6.72. The molecule has 1 amide bonds. The van der Waals surface area contributed by atoms with Crippen molar-refractivity contribution in [1.29, 1.82) is 0 Å². The highest BCUT2D eigenvalue weighted by molar-refractivity contribution is 5.98. The van der Waals surface area contributed by atoms with Gasteiger partial charge in [-0.3, -0.25) is 4.79 Å². The molecular weight excluding hydrogens is 266 g/mol. The quantitative estimate of drug-likeness (QED) is 0.885. The average Bonchev–Trinajstić information content (AvgIpc) is 2.89. The van der Waals surface area contributed by atoms with E-state index in [1.54, 1.807) is 12.4 Å². The van der Waals surface area contributed by atoms with Crippen molar-refractivity contribution in [1.82, 2.24) is 14.8 Å². The molecule has 6 nitrogen and oxygen atoms in total. The van der Waals surface area contributed by atoms with Crippen LogP contribution in [0.15, 0.2) is 18.5 Å². The molecule has 2 aromatic heterocycles. The van der Waals surface area contributed by atoms with Crippen molar-refractivity contribution < 1.29 is 4.79 Å². The number of nitrogens with zero attached hydrogens (tertiary/aromatic N) is 3. The van der Waals surface area contributed by atoms with Gasteiger partial charge in [0.2, 0.25) is 5.91 Å². The van der Waals surface area contributed by atoms with Gasteiger partial charge in [0, 0.05) is 11.4 Å². The number of nitrogens with two attached hydrogens (primary N) is 1. The second-order valence-corrected chi connectivity index (χ2v) is 5.64. The van der Waals surface area contributed by atoms with Gasteiger partial charge >= 0.3 is 0 Å². The zero-order valence-electron chi connectivity index (χ0n) is 13.1. The smallest absolute Gasteiger partial charge is 0.244 e. The number of amides is 1. The number of aromatic nitrogens is 3. The van der Waals surface area contributed by atoms with E-state index in [4.69, 9.17) is 5.73 Å². The van der Waals surface area contributed by atoms with Crippen LogP contribution in [0.4, 0.5) is 5.69 Å². The number of fused-ring (bicyclic) bond motifs is 1. The van der Waals surface area contributed by atoms with Crippen LogP contribution < -0.4 is 11.1 Å². The molecule has 0 radical (unpaired) electrons. The number of anilines is 1. The van der Waals surface area contributed by atoms with E-state index in [-0.39, 0.29) is 11.9 Å². The Morgan fingerprint density at radius 2 is 2.05 bits per heavy atom. The molecule has 6 heteroatoms. The topological polar surface area (TPSA) is 85.8 Å². The van der Waals surface area contributed by atoms with Crippen molar-refractivity contribution in [2.24, 2.45) is 5.73 Å². The first kappa shape index (κ1) is 15.4. The van der Waals surface area contributed by atoms with E-state index in [9.17, 15) is 4.79 Å². The molecule has 0 saturated carbocycles. The number of pyridine rings is 1. The van der Waals surface area contributed by atoms with E-state index in [0.717, 1.165) is 11.0 Å². The summed E-state index contributed by atoms with van der Waals surface area (Å²) in [4.78, 5) is 16.7. The van der Waals surface area contributed by atoms with E-state index in [0.29, 0.717) is 18.5 Å². The number of hydrogen-bond donors (Lipinski definition) is 2. The van der Waals surface area contributed by atoms with E-state index in [1.807, 2.05) is 24.6 Å². The Kier molecular flexibility index (Phi) is 4.27. The van der Waals surface area contributed by atoms with E-state index in [1.165, 1.54) is 0 Å². The predicted molar refractivity (Wildman–Crippen MR) is 84.0 cm³/mol. The molecular formula is C15H23N5O. The third-order valence-electron chi connectivity index (χ3n) is 3.89. The molecule has 0 aliphatic heterocycles. The normalized spacial score (nSPS) is 12.1. The van der Waals surface area contributed by atoms with Crippen LogP contribution in [0.5, 0.6) is 0 Å². The first-order valence-corrected chi connectivity index (χ1v) is 7.35. The minimum atomic E-state index is -0.836. The van der Waals surface area contributed by atoms with E-state index < -0.39 is 5.54 Å². The van der Waals surface area contributed by atoms with Gasteiger partial charge in [0.25, 0.3) is 0 Å². The fraction of sp³-hybridized carbons (Fsp3) is 0.533. The van der Waals surface area contributed by atoms with Gasteiger partial charge in [-0.1, -0.05) is 13.8 Å². The Labute approximate surface area is 124 Å². The molecule has 2 aromatic rings. The lowest BCUT2D eigenvalue weighted by Gasteiger charge is -2.25. The number of carbonyl (C=O) groups is 1. The third kappa shape index (κ3) is 2.90.